The smallest absolute Gasteiger partial charge is 0.330 e. The average Bonchev–Trinajstić information content (AvgIpc) is 3.02. The van der Waals surface area contributed by atoms with Crippen LogP contribution >= 0.6 is 11.8 Å². The van der Waals surface area contributed by atoms with Crippen LogP contribution in [0.4, 0.5) is 0 Å². The Morgan fingerprint density at radius 3 is 2.81 bits per heavy atom. The minimum atomic E-state index is -0.422. The molecule has 4 nitrogen and oxygen atoms in total. The lowest BCUT2D eigenvalue weighted by molar-refractivity contribution is -0.160. The number of ether oxygens (including phenoxy) is 1. The normalized spacial score (nSPS) is 17.6. The topological polar surface area (TPSA) is 55.4 Å². The van der Waals surface area contributed by atoms with Crippen molar-refractivity contribution in [3.8, 4) is 0 Å². The zero-order valence-corrected chi connectivity index (χ0v) is 12.9. The Kier molecular flexibility index (Phi) is 6.76. The predicted octanol–water partition coefficient (Wildman–Crippen LogP) is 2.52. The van der Waals surface area contributed by atoms with E-state index in [1.807, 2.05) is 18.2 Å². The highest BCUT2D eigenvalue weighted by atomic mass is 32.2. The van der Waals surface area contributed by atoms with Crippen molar-refractivity contribution in [2.24, 2.45) is 0 Å². The highest BCUT2D eigenvalue weighted by Gasteiger charge is 2.25. The van der Waals surface area contributed by atoms with Crippen LogP contribution in [0.15, 0.2) is 30.3 Å². The Bertz CT molecular complexity index is 458. The lowest BCUT2D eigenvalue weighted by Crippen LogP contribution is -2.33. The Balaban J connectivity index is 1.54. The number of benzene rings is 1. The molecule has 1 aliphatic rings. The molecule has 0 spiro atoms. The Hall–Kier alpha value is -1.33. The van der Waals surface area contributed by atoms with Gasteiger partial charge in [0.1, 0.15) is 6.04 Å². The third-order valence-electron chi connectivity index (χ3n) is 3.34. The minimum absolute atomic E-state index is 0.290. The van der Waals surface area contributed by atoms with Crippen LogP contribution in [0.3, 0.4) is 0 Å². The molecule has 2 rings (SSSR count). The third kappa shape index (κ3) is 5.89. The summed E-state index contributed by atoms with van der Waals surface area (Å²) in [5.41, 5.74) is 1.28. The van der Waals surface area contributed by atoms with Gasteiger partial charge >= 0.3 is 11.9 Å². The highest BCUT2D eigenvalue weighted by molar-refractivity contribution is 7.98. The van der Waals surface area contributed by atoms with Gasteiger partial charge in [0.05, 0.1) is 0 Å². The van der Waals surface area contributed by atoms with Crippen molar-refractivity contribution in [2.45, 2.75) is 37.5 Å². The number of hydrogen-bond acceptors (Lipinski definition) is 5. The van der Waals surface area contributed by atoms with Crippen LogP contribution in [0.25, 0.3) is 0 Å². The number of hydrogen-bond donors (Lipinski definition) is 1. The maximum atomic E-state index is 11.6. The molecule has 0 unspecified atom stereocenters. The van der Waals surface area contributed by atoms with Gasteiger partial charge in [-0.1, -0.05) is 30.3 Å². The summed E-state index contributed by atoms with van der Waals surface area (Å²) < 4.78 is 4.85. The fourth-order valence-corrected chi connectivity index (χ4v) is 3.12. The van der Waals surface area contributed by atoms with Crippen molar-refractivity contribution in [3.63, 3.8) is 0 Å². The van der Waals surface area contributed by atoms with E-state index in [9.17, 15) is 9.59 Å². The molecule has 1 aromatic carbocycles. The van der Waals surface area contributed by atoms with Crippen molar-refractivity contribution in [1.29, 1.82) is 0 Å². The van der Waals surface area contributed by atoms with Gasteiger partial charge in [-0.25, -0.2) is 4.79 Å². The van der Waals surface area contributed by atoms with Gasteiger partial charge in [0.25, 0.3) is 0 Å². The quantitative estimate of drug-likeness (QED) is 0.476. The van der Waals surface area contributed by atoms with Crippen molar-refractivity contribution < 1.29 is 14.3 Å². The van der Waals surface area contributed by atoms with Crippen LogP contribution in [-0.2, 0) is 20.1 Å². The van der Waals surface area contributed by atoms with Gasteiger partial charge in [-0.05, 0) is 37.1 Å². The van der Waals surface area contributed by atoms with Gasteiger partial charge in [0.2, 0.25) is 0 Å². The predicted molar refractivity (Wildman–Crippen MR) is 84.0 cm³/mol. The van der Waals surface area contributed by atoms with Crippen molar-refractivity contribution in [1.82, 2.24) is 5.32 Å². The number of rotatable bonds is 7. The van der Waals surface area contributed by atoms with Gasteiger partial charge < -0.3 is 10.1 Å². The molecule has 1 heterocycles. The molecule has 0 aromatic heterocycles. The zero-order valence-electron chi connectivity index (χ0n) is 12.0. The van der Waals surface area contributed by atoms with E-state index >= 15 is 0 Å². The van der Waals surface area contributed by atoms with Crippen LogP contribution in [0.5, 0.6) is 0 Å². The molecule has 0 bridgehead atoms. The number of nitrogens with one attached hydrogen (secondary N) is 1. The first kappa shape index (κ1) is 16.0. The number of carbonyl (C=O) groups is 2. The van der Waals surface area contributed by atoms with E-state index in [1.165, 1.54) is 5.56 Å². The molecule has 1 atom stereocenters. The second-order valence-electron chi connectivity index (χ2n) is 5.08. The van der Waals surface area contributed by atoms with E-state index in [2.05, 4.69) is 17.4 Å². The van der Waals surface area contributed by atoms with Crippen LogP contribution in [0.1, 0.15) is 31.2 Å². The first-order chi connectivity index (χ1) is 10.3. The average molecular weight is 307 g/mol. The summed E-state index contributed by atoms with van der Waals surface area (Å²) in [6, 6.07) is 9.94. The van der Waals surface area contributed by atoms with E-state index in [4.69, 9.17) is 4.74 Å². The van der Waals surface area contributed by atoms with E-state index in [-0.39, 0.29) is 6.04 Å². The van der Waals surface area contributed by atoms with Gasteiger partial charge in [0, 0.05) is 12.2 Å². The van der Waals surface area contributed by atoms with E-state index in [1.54, 1.807) is 11.8 Å². The van der Waals surface area contributed by atoms with Crippen molar-refractivity contribution in [3.05, 3.63) is 35.9 Å². The van der Waals surface area contributed by atoms with E-state index < -0.39 is 11.9 Å². The van der Waals surface area contributed by atoms with Crippen molar-refractivity contribution >= 4 is 23.7 Å². The summed E-state index contributed by atoms with van der Waals surface area (Å²) in [5.74, 6) is 1.00. The van der Waals surface area contributed by atoms with Gasteiger partial charge in [-0.3, -0.25) is 4.79 Å². The number of carbonyl (C=O) groups excluding carboxylic acids is 2. The zero-order chi connectivity index (χ0) is 14.9. The van der Waals surface area contributed by atoms with E-state index in [0.29, 0.717) is 6.42 Å². The molecule has 1 aliphatic heterocycles. The summed E-state index contributed by atoms with van der Waals surface area (Å²) in [7, 11) is 0. The fourth-order valence-electron chi connectivity index (χ4n) is 2.20. The standard InChI is InChI=1S/C16H21NO3S/c18-15(20-16(19)14-8-4-10-17-14)9-5-11-21-12-13-6-2-1-3-7-13/h1-3,6-7,14,17H,4-5,8-12H2/t14-/m0/s1. The Morgan fingerprint density at radius 1 is 1.29 bits per heavy atom. The first-order valence-corrected chi connectivity index (χ1v) is 8.51. The summed E-state index contributed by atoms with van der Waals surface area (Å²) in [6.07, 6.45) is 2.77. The number of thioether (sulfide) groups is 1. The van der Waals surface area contributed by atoms with Gasteiger partial charge in [0.15, 0.2) is 0 Å². The monoisotopic (exact) mass is 307 g/mol. The molecule has 0 aliphatic carbocycles. The third-order valence-corrected chi connectivity index (χ3v) is 4.46. The van der Waals surface area contributed by atoms with Gasteiger partial charge in [-0.15, -0.1) is 0 Å². The van der Waals surface area contributed by atoms with E-state index in [0.717, 1.165) is 37.3 Å². The Morgan fingerprint density at radius 2 is 2.10 bits per heavy atom. The molecular formula is C16H21NO3S. The maximum Gasteiger partial charge on any atom is 0.330 e. The molecule has 0 radical (unpaired) electrons. The summed E-state index contributed by atoms with van der Waals surface area (Å²) in [6.45, 7) is 0.823. The van der Waals surface area contributed by atoms with Gasteiger partial charge in [-0.2, -0.15) is 11.8 Å². The largest absolute Gasteiger partial charge is 0.392 e. The lowest BCUT2D eigenvalue weighted by atomic mass is 10.2. The molecule has 114 valence electrons. The maximum absolute atomic E-state index is 11.6. The van der Waals surface area contributed by atoms with Crippen molar-refractivity contribution in [2.75, 3.05) is 12.3 Å². The second-order valence-corrected chi connectivity index (χ2v) is 6.19. The molecule has 1 fully saturated rings. The molecule has 5 heteroatoms. The molecule has 1 N–H and O–H groups in total. The first-order valence-electron chi connectivity index (χ1n) is 7.35. The summed E-state index contributed by atoms with van der Waals surface area (Å²) in [4.78, 5) is 23.2. The molecule has 1 aromatic rings. The summed E-state index contributed by atoms with van der Waals surface area (Å²) >= 11 is 1.79. The summed E-state index contributed by atoms with van der Waals surface area (Å²) in [5, 5.41) is 3.03. The SMILES string of the molecule is O=C(CCCSCc1ccccc1)OC(=O)[C@@H]1CCCN1. The van der Waals surface area contributed by atoms with Crippen LogP contribution < -0.4 is 5.32 Å². The second kappa shape index (κ2) is 8.85. The minimum Gasteiger partial charge on any atom is -0.392 e. The highest BCUT2D eigenvalue weighted by Crippen LogP contribution is 2.14. The number of esters is 2. The molecule has 0 saturated carbocycles. The fraction of sp³-hybridized carbons (Fsp3) is 0.500. The molecule has 0 amide bonds. The Labute approximate surface area is 129 Å². The molecule has 21 heavy (non-hydrogen) atoms. The van der Waals surface area contributed by atoms with Crippen LogP contribution in [0, 0.1) is 0 Å². The van der Waals surface area contributed by atoms with Crippen LogP contribution in [0.2, 0.25) is 0 Å². The lowest BCUT2D eigenvalue weighted by Gasteiger charge is -2.08. The molecular weight excluding hydrogens is 286 g/mol. The van der Waals surface area contributed by atoms with Crippen LogP contribution in [-0.4, -0.2) is 30.3 Å². The molecule has 1 saturated heterocycles.